The molecule has 0 aliphatic carbocycles. The molecular formula is C10H10O6. The summed E-state index contributed by atoms with van der Waals surface area (Å²) in [7, 11) is 0. The van der Waals surface area contributed by atoms with Crippen LogP contribution < -0.4 is 0 Å². The van der Waals surface area contributed by atoms with Crippen molar-refractivity contribution in [2.75, 3.05) is 0 Å². The van der Waals surface area contributed by atoms with E-state index < -0.39 is 12.1 Å². The predicted molar refractivity (Wildman–Crippen MR) is 50.6 cm³/mol. The van der Waals surface area contributed by atoms with Crippen molar-refractivity contribution in [3.05, 3.63) is 35.9 Å². The number of hydrogen-bond acceptors (Lipinski definition) is 6. The molecule has 16 heavy (non-hydrogen) atoms. The van der Waals surface area contributed by atoms with Gasteiger partial charge >= 0.3 is 5.97 Å². The number of aliphatic hydroxyl groups is 2. The molecule has 1 aromatic carbocycles. The summed E-state index contributed by atoms with van der Waals surface area (Å²) in [5, 5.41) is 19.3. The Morgan fingerprint density at radius 3 is 2.06 bits per heavy atom. The monoisotopic (exact) mass is 226 g/mol. The molecule has 0 fully saturated rings. The first-order chi connectivity index (χ1) is 7.64. The van der Waals surface area contributed by atoms with Gasteiger partial charge in [0.1, 0.15) is 0 Å². The SMILES string of the molecule is O=COC(O)(OC=O)C(O)c1ccccc1. The summed E-state index contributed by atoms with van der Waals surface area (Å²) in [6.45, 7) is -0.259. The first-order valence-corrected chi connectivity index (χ1v) is 4.32. The number of ether oxygens (including phenoxy) is 2. The van der Waals surface area contributed by atoms with Crippen LogP contribution in [-0.4, -0.2) is 29.1 Å². The average molecular weight is 226 g/mol. The Labute approximate surface area is 91.0 Å². The Hall–Kier alpha value is -1.92. The summed E-state index contributed by atoms with van der Waals surface area (Å²) < 4.78 is 8.32. The van der Waals surface area contributed by atoms with Crippen LogP contribution in [0.25, 0.3) is 0 Å². The van der Waals surface area contributed by atoms with Crippen molar-refractivity contribution >= 4 is 12.9 Å². The van der Waals surface area contributed by atoms with Crippen molar-refractivity contribution in [3.8, 4) is 0 Å². The molecule has 0 bridgehead atoms. The van der Waals surface area contributed by atoms with Crippen LogP contribution in [-0.2, 0) is 19.1 Å². The van der Waals surface area contributed by atoms with E-state index in [1.54, 1.807) is 18.2 Å². The fourth-order valence-corrected chi connectivity index (χ4v) is 1.14. The maximum absolute atomic E-state index is 10.1. The maximum Gasteiger partial charge on any atom is 0.405 e. The number of benzene rings is 1. The molecule has 1 atom stereocenters. The van der Waals surface area contributed by atoms with Gasteiger partial charge in [-0.05, 0) is 5.56 Å². The molecule has 0 aliphatic rings. The predicted octanol–water partition coefficient (Wildman–Crippen LogP) is -0.288. The Bertz CT molecular complexity index is 340. The van der Waals surface area contributed by atoms with E-state index in [4.69, 9.17) is 0 Å². The van der Waals surface area contributed by atoms with Gasteiger partial charge < -0.3 is 19.7 Å². The van der Waals surface area contributed by atoms with Crippen LogP contribution in [0, 0.1) is 0 Å². The largest absolute Gasteiger partial charge is 0.405 e. The minimum atomic E-state index is -2.72. The van der Waals surface area contributed by atoms with Gasteiger partial charge in [-0.2, -0.15) is 0 Å². The van der Waals surface area contributed by atoms with E-state index in [9.17, 15) is 19.8 Å². The second kappa shape index (κ2) is 5.24. The second-order valence-electron chi connectivity index (χ2n) is 2.87. The van der Waals surface area contributed by atoms with Gasteiger partial charge in [0.05, 0.1) is 0 Å². The molecule has 6 nitrogen and oxygen atoms in total. The summed E-state index contributed by atoms with van der Waals surface area (Å²) in [5.74, 6) is -2.72. The number of aliphatic hydroxyl groups excluding tert-OH is 1. The standard InChI is InChI=1S/C10H10O6/c11-6-15-10(14,16-7-12)9(13)8-4-2-1-3-5-8/h1-7,9,13-14H. The van der Waals surface area contributed by atoms with Crippen molar-refractivity contribution in [1.82, 2.24) is 0 Å². The van der Waals surface area contributed by atoms with Crippen LogP contribution in [0.5, 0.6) is 0 Å². The van der Waals surface area contributed by atoms with Gasteiger partial charge in [-0.1, -0.05) is 30.3 Å². The van der Waals surface area contributed by atoms with Gasteiger partial charge in [0.15, 0.2) is 6.10 Å². The third kappa shape index (κ3) is 2.56. The molecule has 86 valence electrons. The summed E-state index contributed by atoms with van der Waals surface area (Å²) in [6, 6.07) is 7.83. The highest BCUT2D eigenvalue weighted by Crippen LogP contribution is 2.27. The Kier molecular flexibility index (Phi) is 3.98. The molecule has 0 spiro atoms. The van der Waals surface area contributed by atoms with E-state index in [1.165, 1.54) is 12.1 Å². The van der Waals surface area contributed by atoms with Gasteiger partial charge in [-0.25, -0.2) is 0 Å². The van der Waals surface area contributed by atoms with Crippen molar-refractivity contribution in [2.45, 2.75) is 12.1 Å². The molecule has 0 saturated heterocycles. The zero-order valence-corrected chi connectivity index (χ0v) is 8.15. The fourth-order valence-electron chi connectivity index (χ4n) is 1.14. The van der Waals surface area contributed by atoms with Gasteiger partial charge in [-0.15, -0.1) is 0 Å². The van der Waals surface area contributed by atoms with Crippen LogP contribution >= 0.6 is 0 Å². The van der Waals surface area contributed by atoms with Crippen molar-refractivity contribution in [3.63, 3.8) is 0 Å². The van der Waals surface area contributed by atoms with Gasteiger partial charge in [0, 0.05) is 0 Å². The third-order valence-corrected chi connectivity index (χ3v) is 1.89. The highest BCUT2D eigenvalue weighted by Gasteiger charge is 2.42. The average Bonchev–Trinajstić information content (AvgIpc) is 2.30. The summed E-state index contributed by atoms with van der Waals surface area (Å²) in [6.07, 6.45) is -1.69. The molecule has 1 unspecified atom stereocenters. The molecule has 0 radical (unpaired) electrons. The fraction of sp³-hybridized carbons (Fsp3) is 0.200. The molecule has 1 aromatic rings. The zero-order valence-electron chi connectivity index (χ0n) is 8.15. The molecule has 0 heterocycles. The van der Waals surface area contributed by atoms with Crippen LogP contribution in [0.3, 0.4) is 0 Å². The number of carbonyl (C=O) groups excluding carboxylic acids is 2. The summed E-state index contributed by atoms with van der Waals surface area (Å²) in [5.41, 5.74) is 0.230. The van der Waals surface area contributed by atoms with E-state index >= 15 is 0 Å². The lowest BCUT2D eigenvalue weighted by Crippen LogP contribution is -2.41. The molecule has 2 N–H and O–H groups in total. The minimum Gasteiger partial charge on any atom is -0.398 e. The van der Waals surface area contributed by atoms with Crippen molar-refractivity contribution < 1.29 is 29.3 Å². The molecule has 0 aromatic heterocycles. The smallest absolute Gasteiger partial charge is 0.398 e. The highest BCUT2D eigenvalue weighted by molar-refractivity contribution is 5.41. The zero-order chi connectivity index (χ0) is 12.0. The molecule has 0 saturated carbocycles. The van der Waals surface area contributed by atoms with Crippen LogP contribution in [0.4, 0.5) is 0 Å². The summed E-state index contributed by atoms with van der Waals surface area (Å²) >= 11 is 0. The maximum atomic E-state index is 10.1. The molecule has 0 amide bonds. The molecule has 1 rings (SSSR count). The minimum absolute atomic E-state index is 0.129. The molecular weight excluding hydrogens is 216 g/mol. The van der Waals surface area contributed by atoms with Crippen LogP contribution in [0.1, 0.15) is 11.7 Å². The first kappa shape index (κ1) is 12.2. The van der Waals surface area contributed by atoms with Crippen molar-refractivity contribution in [2.24, 2.45) is 0 Å². The summed E-state index contributed by atoms with van der Waals surface area (Å²) in [4.78, 5) is 20.3. The lowest BCUT2D eigenvalue weighted by atomic mass is 10.1. The Balaban J connectivity index is 2.94. The lowest BCUT2D eigenvalue weighted by molar-refractivity contribution is -0.354. The van der Waals surface area contributed by atoms with E-state index in [2.05, 4.69) is 9.47 Å². The van der Waals surface area contributed by atoms with Crippen LogP contribution in [0.15, 0.2) is 30.3 Å². The lowest BCUT2D eigenvalue weighted by Gasteiger charge is -2.27. The number of carbonyl (C=O) groups is 2. The first-order valence-electron chi connectivity index (χ1n) is 4.32. The van der Waals surface area contributed by atoms with E-state index in [0.717, 1.165) is 0 Å². The van der Waals surface area contributed by atoms with Crippen LogP contribution in [0.2, 0.25) is 0 Å². The molecule has 6 heteroatoms. The van der Waals surface area contributed by atoms with Gasteiger partial charge in [0.2, 0.25) is 0 Å². The quantitative estimate of drug-likeness (QED) is 0.511. The van der Waals surface area contributed by atoms with Crippen molar-refractivity contribution in [1.29, 1.82) is 0 Å². The Morgan fingerprint density at radius 1 is 1.12 bits per heavy atom. The van der Waals surface area contributed by atoms with E-state index in [1.807, 2.05) is 0 Å². The van der Waals surface area contributed by atoms with E-state index in [-0.39, 0.29) is 18.5 Å². The number of hydrogen-bond donors (Lipinski definition) is 2. The molecule has 0 aliphatic heterocycles. The van der Waals surface area contributed by atoms with Gasteiger partial charge in [-0.3, -0.25) is 9.59 Å². The van der Waals surface area contributed by atoms with Gasteiger partial charge in [0.25, 0.3) is 12.9 Å². The second-order valence-corrected chi connectivity index (χ2v) is 2.87. The highest BCUT2D eigenvalue weighted by atomic mass is 16.8. The normalized spacial score (nSPS) is 12.6. The third-order valence-electron chi connectivity index (χ3n) is 1.89. The Morgan fingerprint density at radius 2 is 1.62 bits per heavy atom. The number of rotatable bonds is 6. The topological polar surface area (TPSA) is 93.1 Å². The van der Waals surface area contributed by atoms with E-state index in [0.29, 0.717) is 0 Å².